The van der Waals surface area contributed by atoms with Gasteiger partial charge in [-0.2, -0.15) is 0 Å². The van der Waals surface area contributed by atoms with E-state index in [1.165, 1.54) is 13.8 Å². The van der Waals surface area contributed by atoms with Crippen molar-refractivity contribution in [3.63, 3.8) is 0 Å². The first-order chi connectivity index (χ1) is 22.6. The molecule has 4 aliphatic carbocycles. The molecule has 10 atom stereocenters. The van der Waals surface area contributed by atoms with Gasteiger partial charge in [0.05, 0.1) is 30.3 Å². The van der Waals surface area contributed by atoms with E-state index in [-0.39, 0.29) is 18.9 Å². The predicted molar refractivity (Wildman–Crippen MR) is 178 cm³/mol. The average molecular weight is 685 g/mol. The summed E-state index contributed by atoms with van der Waals surface area (Å²) in [6.07, 6.45) is -3.47. The Morgan fingerprint density at radius 1 is 0.958 bits per heavy atom. The minimum atomic E-state index is -2.45. The van der Waals surface area contributed by atoms with E-state index < -0.39 is 84.7 Å². The van der Waals surface area contributed by atoms with E-state index in [0.717, 1.165) is 18.1 Å². The number of fused-ring (bicyclic) bond motifs is 4. The van der Waals surface area contributed by atoms with E-state index in [1.54, 1.807) is 30.3 Å². The maximum Gasteiger partial charge on any atom is 0.338 e. The number of ether oxygens (including phenoxy) is 4. The topological polar surface area (TPSA) is 138 Å². The number of hydrogen-bond acceptors (Lipinski definition) is 10. The van der Waals surface area contributed by atoms with Gasteiger partial charge in [-0.1, -0.05) is 52.8 Å². The number of rotatable bonds is 9. The van der Waals surface area contributed by atoms with Crippen molar-refractivity contribution < 1.29 is 48.0 Å². The van der Waals surface area contributed by atoms with Crippen molar-refractivity contribution in [2.75, 3.05) is 6.61 Å². The van der Waals surface area contributed by atoms with E-state index in [2.05, 4.69) is 20.8 Å². The van der Waals surface area contributed by atoms with Gasteiger partial charge in [-0.25, -0.2) is 4.79 Å². The molecule has 1 aliphatic heterocycles. The van der Waals surface area contributed by atoms with Gasteiger partial charge in [0.25, 0.3) is 0 Å². The molecule has 6 rings (SSSR count). The van der Waals surface area contributed by atoms with Crippen molar-refractivity contribution in [3.05, 3.63) is 47.0 Å². The van der Waals surface area contributed by atoms with E-state index in [1.807, 2.05) is 20.8 Å². The number of aliphatic hydroxyl groups is 2. The second-order valence-corrected chi connectivity index (χ2v) is 20.2. The van der Waals surface area contributed by atoms with Crippen molar-refractivity contribution in [1.82, 2.24) is 0 Å². The van der Waals surface area contributed by atoms with Crippen LogP contribution in [-0.4, -0.2) is 84.8 Å². The van der Waals surface area contributed by atoms with Crippen molar-refractivity contribution in [2.24, 2.45) is 22.7 Å². The zero-order chi connectivity index (χ0) is 35.0. The lowest BCUT2D eigenvalue weighted by Gasteiger charge is -2.66. The summed E-state index contributed by atoms with van der Waals surface area (Å²) in [5, 5.41) is 25.1. The predicted octanol–water partition coefficient (Wildman–Crippen LogP) is 5.11. The Morgan fingerprint density at radius 2 is 1.60 bits per heavy atom. The molecule has 5 aliphatic rings. The number of benzene rings is 1. The number of carbonyl (C=O) groups excluding carboxylic acids is 3. The molecular weight excluding hydrogens is 632 g/mol. The fraction of sp³-hybridized carbons (Fsp3) is 0.703. The van der Waals surface area contributed by atoms with Gasteiger partial charge >= 0.3 is 17.9 Å². The molecule has 2 bridgehead atoms. The normalized spacial score (nSPS) is 39.3. The molecule has 48 heavy (non-hydrogen) atoms. The Balaban J connectivity index is 1.68. The van der Waals surface area contributed by atoms with Crippen LogP contribution in [0, 0.1) is 22.7 Å². The van der Waals surface area contributed by atoms with Crippen LogP contribution in [0.1, 0.15) is 85.0 Å². The van der Waals surface area contributed by atoms with Gasteiger partial charge in [-0.15, -0.1) is 0 Å². The minimum Gasteiger partial charge on any atom is -0.455 e. The zero-order valence-electron chi connectivity index (χ0n) is 29.5. The van der Waals surface area contributed by atoms with Gasteiger partial charge in [0.1, 0.15) is 23.9 Å². The zero-order valence-corrected chi connectivity index (χ0v) is 30.5. The van der Waals surface area contributed by atoms with E-state index in [4.69, 9.17) is 23.4 Å². The molecule has 1 aromatic carbocycles. The maximum absolute atomic E-state index is 14.1. The first kappa shape index (κ1) is 35.3. The summed E-state index contributed by atoms with van der Waals surface area (Å²) in [5.41, 5.74) is -3.63. The Hall–Kier alpha value is -2.57. The van der Waals surface area contributed by atoms with Gasteiger partial charge in [0.15, 0.2) is 13.9 Å². The molecule has 2 N–H and O–H groups in total. The van der Waals surface area contributed by atoms with Gasteiger partial charge in [-0.3, -0.25) is 9.59 Å². The summed E-state index contributed by atoms with van der Waals surface area (Å²) < 4.78 is 32.9. The highest BCUT2D eigenvalue weighted by Gasteiger charge is 2.84. The molecule has 1 saturated heterocycles. The number of aliphatic hydroxyl groups excluding tert-OH is 1. The molecule has 0 unspecified atom stereocenters. The van der Waals surface area contributed by atoms with Crippen LogP contribution in [0.4, 0.5) is 0 Å². The van der Waals surface area contributed by atoms with Gasteiger partial charge in [-0.05, 0) is 67.1 Å². The Kier molecular flexibility index (Phi) is 8.84. The second kappa shape index (κ2) is 12.0. The largest absolute Gasteiger partial charge is 0.455 e. The molecule has 1 spiro atoms. The highest BCUT2D eigenvalue weighted by Crippen LogP contribution is 2.76. The van der Waals surface area contributed by atoms with E-state index >= 15 is 0 Å². The molecule has 0 radical (unpaired) electrons. The van der Waals surface area contributed by atoms with Gasteiger partial charge in [0.2, 0.25) is 0 Å². The quantitative estimate of drug-likeness (QED) is 0.156. The standard InChI is InChI=1S/C37H52O10Si/c1-9-48(10-2,11-3)47-31-29(44-22(5)38)28-21(4)26(40)19-37(42,34(28,7)8)32(45-33(41)24-15-13-12-14-16-24)30-35(31)18-25(35)17-27-36(30,20-43-27)46-23(6)39/h12-16,25-27,29-32,40,42H,9-11,17-20H2,1-8H3/t25-,26+,27-,29-,30+,31+,32+,35-,36+,37-/m1/s1. The second-order valence-electron chi connectivity index (χ2n) is 15.4. The molecule has 10 nitrogen and oxygen atoms in total. The lowest BCUT2D eigenvalue weighted by atomic mass is 9.48. The molecule has 1 aromatic rings. The summed E-state index contributed by atoms with van der Waals surface area (Å²) in [7, 11) is -2.45. The molecule has 11 heteroatoms. The first-order valence-corrected chi connectivity index (χ1v) is 20.1. The summed E-state index contributed by atoms with van der Waals surface area (Å²) in [6, 6.07) is 11.1. The van der Waals surface area contributed by atoms with Crippen LogP contribution < -0.4 is 0 Å². The maximum atomic E-state index is 14.1. The van der Waals surface area contributed by atoms with E-state index in [9.17, 15) is 24.6 Å². The fourth-order valence-corrected chi connectivity index (χ4v) is 13.1. The van der Waals surface area contributed by atoms with Crippen molar-refractivity contribution in [1.29, 1.82) is 0 Å². The Morgan fingerprint density at radius 3 is 2.15 bits per heavy atom. The Bertz CT molecular complexity index is 1480. The third kappa shape index (κ3) is 4.97. The van der Waals surface area contributed by atoms with Crippen LogP contribution in [0.2, 0.25) is 18.1 Å². The third-order valence-electron chi connectivity index (χ3n) is 13.1. The molecule has 1 heterocycles. The molecular formula is C37H52O10Si. The summed E-state index contributed by atoms with van der Waals surface area (Å²) in [5.74, 6) is -2.44. The van der Waals surface area contributed by atoms with Crippen LogP contribution >= 0.6 is 0 Å². The SMILES string of the molecule is CC[Si](CC)(CC)O[C@H]1[C@H](OC(C)=O)C2=C(C)[C@@H](O)C[C@@](O)([C@@H](OC(=O)c3ccccc3)[C@@H]3[C@]4(OC(C)=O)CO[C@@H]4C[C@@H]4C[C@@]431)C2(C)C. The van der Waals surface area contributed by atoms with Crippen LogP contribution in [0.3, 0.4) is 0 Å². The van der Waals surface area contributed by atoms with Crippen molar-refractivity contribution >= 4 is 26.2 Å². The van der Waals surface area contributed by atoms with Crippen LogP contribution in [0.15, 0.2) is 41.5 Å². The van der Waals surface area contributed by atoms with Crippen LogP contribution in [0.5, 0.6) is 0 Å². The third-order valence-corrected chi connectivity index (χ3v) is 17.7. The van der Waals surface area contributed by atoms with Crippen molar-refractivity contribution in [2.45, 2.75) is 135 Å². The van der Waals surface area contributed by atoms with Gasteiger partial charge < -0.3 is 33.6 Å². The fourth-order valence-electron chi connectivity index (χ4n) is 10.2. The van der Waals surface area contributed by atoms with Crippen LogP contribution in [0.25, 0.3) is 0 Å². The monoisotopic (exact) mass is 684 g/mol. The highest BCUT2D eigenvalue weighted by atomic mass is 28.4. The average Bonchev–Trinajstić information content (AvgIpc) is 3.76. The molecule has 0 amide bonds. The van der Waals surface area contributed by atoms with Crippen molar-refractivity contribution in [3.8, 4) is 0 Å². The summed E-state index contributed by atoms with van der Waals surface area (Å²) >= 11 is 0. The van der Waals surface area contributed by atoms with Crippen LogP contribution in [-0.2, 0) is 33.0 Å². The Labute approximate surface area is 284 Å². The molecule has 264 valence electrons. The minimum absolute atomic E-state index is 0.00824. The number of esters is 3. The molecule has 3 saturated carbocycles. The lowest BCUT2D eigenvalue weighted by Crippen LogP contribution is -2.79. The van der Waals surface area contributed by atoms with E-state index in [0.29, 0.717) is 29.6 Å². The summed E-state index contributed by atoms with van der Waals surface area (Å²) in [4.78, 5) is 40.2. The first-order valence-electron chi connectivity index (χ1n) is 17.6. The number of hydrogen-bond donors (Lipinski definition) is 2. The van der Waals surface area contributed by atoms with Gasteiger partial charge in [0, 0.05) is 31.1 Å². The smallest absolute Gasteiger partial charge is 0.338 e. The lowest BCUT2D eigenvalue weighted by molar-refractivity contribution is -0.334. The number of carbonyl (C=O) groups is 3. The summed E-state index contributed by atoms with van der Waals surface area (Å²) in [6.45, 7) is 14.7. The molecule has 0 aromatic heterocycles. The highest BCUT2D eigenvalue weighted by molar-refractivity contribution is 6.73. The molecule has 4 fully saturated rings.